The molecule has 15 heavy (non-hydrogen) atoms. The van der Waals surface area contributed by atoms with Gasteiger partial charge in [-0.1, -0.05) is 6.92 Å². The highest BCUT2D eigenvalue weighted by atomic mass is 16.6. The van der Waals surface area contributed by atoms with Crippen LogP contribution in [0.5, 0.6) is 0 Å². The quantitative estimate of drug-likeness (QED) is 0.361. The van der Waals surface area contributed by atoms with Gasteiger partial charge in [0.05, 0.1) is 12.6 Å². The van der Waals surface area contributed by atoms with Crippen LogP contribution in [0.25, 0.3) is 0 Å². The minimum absolute atomic E-state index is 0.505. The van der Waals surface area contributed by atoms with E-state index in [4.69, 9.17) is 9.84 Å². The summed E-state index contributed by atoms with van der Waals surface area (Å²) in [5.74, 6) is 0. The molecule has 2 unspecified atom stereocenters. The molecule has 5 atom stereocenters. The minimum Gasteiger partial charge on any atom is -0.394 e. The van der Waals surface area contributed by atoms with E-state index >= 15 is 0 Å². The normalized spacial score (nSPS) is 38.2. The van der Waals surface area contributed by atoms with Crippen molar-refractivity contribution in [1.82, 2.24) is 5.32 Å². The first-order valence-corrected chi connectivity index (χ1v) is 5.15. The summed E-state index contributed by atoms with van der Waals surface area (Å²) in [6.07, 6.45) is -3.43. The van der Waals surface area contributed by atoms with Crippen molar-refractivity contribution in [3.05, 3.63) is 0 Å². The average molecular weight is 221 g/mol. The van der Waals surface area contributed by atoms with Crippen LogP contribution in [0.1, 0.15) is 13.3 Å². The first-order chi connectivity index (χ1) is 7.11. The molecule has 6 nitrogen and oxygen atoms in total. The van der Waals surface area contributed by atoms with Gasteiger partial charge in [-0.15, -0.1) is 0 Å². The Morgan fingerprint density at radius 3 is 2.60 bits per heavy atom. The Bertz CT molecular complexity index is 191. The van der Waals surface area contributed by atoms with Crippen LogP contribution in [0, 0.1) is 0 Å². The lowest BCUT2D eigenvalue weighted by Gasteiger charge is -2.20. The van der Waals surface area contributed by atoms with Crippen molar-refractivity contribution in [1.29, 1.82) is 0 Å². The summed E-state index contributed by atoms with van der Waals surface area (Å²) in [4.78, 5) is 0. The fourth-order valence-electron chi connectivity index (χ4n) is 1.65. The molecule has 0 aromatic rings. The first kappa shape index (κ1) is 12.8. The van der Waals surface area contributed by atoms with Crippen LogP contribution in [0.3, 0.4) is 0 Å². The molecule has 1 aliphatic rings. The number of ether oxygens (including phenoxy) is 1. The van der Waals surface area contributed by atoms with E-state index in [1.165, 1.54) is 0 Å². The molecule has 1 heterocycles. The monoisotopic (exact) mass is 221 g/mol. The van der Waals surface area contributed by atoms with Gasteiger partial charge in [0, 0.05) is 0 Å². The van der Waals surface area contributed by atoms with Gasteiger partial charge in [0.15, 0.2) is 6.29 Å². The topological polar surface area (TPSA) is 102 Å². The van der Waals surface area contributed by atoms with E-state index in [1.54, 1.807) is 0 Å². The summed E-state index contributed by atoms with van der Waals surface area (Å²) in [6, 6.07) is -0.615. The number of aliphatic hydroxyl groups excluding tert-OH is 4. The lowest BCUT2D eigenvalue weighted by Crippen LogP contribution is -2.47. The van der Waals surface area contributed by atoms with Crippen LogP contribution >= 0.6 is 0 Å². The molecule has 0 aliphatic carbocycles. The fourth-order valence-corrected chi connectivity index (χ4v) is 1.65. The van der Waals surface area contributed by atoms with Crippen LogP contribution in [0.4, 0.5) is 0 Å². The molecule has 0 aromatic carbocycles. The third-order valence-electron chi connectivity index (χ3n) is 2.50. The molecule has 1 aliphatic heterocycles. The van der Waals surface area contributed by atoms with Crippen molar-refractivity contribution in [2.45, 2.75) is 44.0 Å². The Balaban J connectivity index is 2.53. The van der Waals surface area contributed by atoms with Gasteiger partial charge in [0.1, 0.15) is 18.3 Å². The number of aliphatic hydroxyl groups is 4. The van der Waals surface area contributed by atoms with Gasteiger partial charge in [-0.3, -0.25) is 0 Å². The molecule has 90 valence electrons. The third-order valence-corrected chi connectivity index (χ3v) is 2.50. The second kappa shape index (κ2) is 5.74. The summed E-state index contributed by atoms with van der Waals surface area (Å²) in [7, 11) is 0. The van der Waals surface area contributed by atoms with Gasteiger partial charge in [0.2, 0.25) is 0 Å². The maximum atomic E-state index is 9.73. The Hall–Kier alpha value is -0.240. The van der Waals surface area contributed by atoms with Gasteiger partial charge in [-0.25, -0.2) is 0 Å². The van der Waals surface area contributed by atoms with Crippen LogP contribution in [0.2, 0.25) is 0 Å². The van der Waals surface area contributed by atoms with Crippen molar-refractivity contribution in [2.24, 2.45) is 0 Å². The Labute approximate surface area is 88.5 Å². The summed E-state index contributed by atoms with van der Waals surface area (Å²) < 4.78 is 4.97. The lowest BCUT2D eigenvalue weighted by atomic mass is 10.0. The van der Waals surface area contributed by atoms with Crippen LogP contribution < -0.4 is 5.32 Å². The maximum Gasteiger partial charge on any atom is 0.173 e. The smallest absolute Gasteiger partial charge is 0.173 e. The molecule has 0 spiro atoms. The molecular formula is C9H19NO5. The SMILES string of the molecule is CCCN[C@@H]1C(O)OC([C@H](O)CO)[C@@H]1O. The van der Waals surface area contributed by atoms with E-state index in [0.29, 0.717) is 6.54 Å². The summed E-state index contributed by atoms with van der Waals surface area (Å²) in [6.45, 7) is 2.10. The van der Waals surface area contributed by atoms with Crippen molar-refractivity contribution in [3.8, 4) is 0 Å². The summed E-state index contributed by atoms with van der Waals surface area (Å²) in [5.41, 5.74) is 0. The van der Waals surface area contributed by atoms with Crippen molar-refractivity contribution >= 4 is 0 Å². The Kier molecular flexibility index (Phi) is 4.91. The second-order valence-corrected chi connectivity index (χ2v) is 3.71. The highest BCUT2D eigenvalue weighted by molar-refractivity contribution is 4.94. The van der Waals surface area contributed by atoms with Gasteiger partial charge >= 0.3 is 0 Å². The molecule has 6 heteroatoms. The standard InChI is InChI=1S/C9H19NO5/c1-2-3-10-6-7(13)8(5(12)4-11)15-9(6)14/h5-14H,2-4H2,1H3/t5-,6+,7-,8?,9?/m1/s1. The van der Waals surface area contributed by atoms with Crippen LogP contribution in [-0.2, 0) is 4.74 Å². The molecule has 1 fully saturated rings. The number of hydrogen-bond donors (Lipinski definition) is 5. The lowest BCUT2D eigenvalue weighted by molar-refractivity contribution is -0.139. The van der Waals surface area contributed by atoms with E-state index in [1.807, 2.05) is 6.92 Å². The minimum atomic E-state index is -1.18. The average Bonchev–Trinajstić information content (AvgIpc) is 2.51. The molecule has 0 amide bonds. The number of hydrogen-bond acceptors (Lipinski definition) is 6. The van der Waals surface area contributed by atoms with E-state index in [9.17, 15) is 15.3 Å². The van der Waals surface area contributed by atoms with Crippen molar-refractivity contribution in [3.63, 3.8) is 0 Å². The highest BCUT2D eigenvalue weighted by Crippen LogP contribution is 2.22. The fraction of sp³-hybridized carbons (Fsp3) is 1.00. The van der Waals surface area contributed by atoms with Gasteiger partial charge in [-0.05, 0) is 13.0 Å². The zero-order valence-corrected chi connectivity index (χ0v) is 8.71. The number of rotatable bonds is 5. The van der Waals surface area contributed by atoms with Gasteiger partial charge in [-0.2, -0.15) is 0 Å². The third kappa shape index (κ3) is 2.87. The molecule has 5 N–H and O–H groups in total. The maximum absolute atomic E-state index is 9.73. The summed E-state index contributed by atoms with van der Waals surface area (Å²) in [5, 5.41) is 40.1. The van der Waals surface area contributed by atoms with Crippen molar-refractivity contribution in [2.75, 3.05) is 13.2 Å². The van der Waals surface area contributed by atoms with Gasteiger partial charge in [0.25, 0.3) is 0 Å². The van der Waals surface area contributed by atoms with Crippen molar-refractivity contribution < 1.29 is 25.2 Å². The molecule has 0 aromatic heterocycles. The van der Waals surface area contributed by atoms with Crippen LogP contribution in [0.15, 0.2) is 0 Å². The molecule has 0 bridgehead atoms. The number of nitrogens with one attached hydrogen (secondary N) is 1. The zero-order valence-electron chi connectivity index (χ0n) is 8.71. The van der Waals surface area contributed by atoms with E-state index in [0.717, 1.165) is 6.42 Å². The zero-order chi connectivity index (χ0) is 11.4. The Morgan fingerprint density at radius 2 is 2.07 bits per heavy atom. The van der Waals surface area contributed by atoms with E-state index in [-0.39, 0.29) is 0 Å². The van der Waals surface area contributed by atoms with Gasteiger partial charge < -0.3 is 30.5 Å². The molecule has 0 radical (unpaired) electrons. The molecular weight excluding hydrogens is 202 g/mol. The van der Waals surface area contributed by atoms with E-state index in [2.05, 4.69) is 5.32 Å². The predicted molar refractivity (Wildman–Crippen MR) is 52.1 cm³/mol. The van der Waals surface area contributed by atoms with Crippen LogP contribution in [-0.4, -0.2) is 64.2 Å². The van der Waals surface area contributed by atoms with E-state index < -0.39 is 37.3 Å². The molecule has 0 saturated carbocycles. The second-order valence-electron chi connectivity index (χ2n) is 3.71. The Morgan fingerprint density at radius 1 is 1.40 bits per heavy atom. The predicted octanol–water partition coefficient (Wildman–Crippen LogP) is -2.21. The highest BCUT2D eigenvalue weighted by Gasteiger charge is 2.45. The largest absolute Gasteiger partial charge is 0.394 e. The summed E-state index contributed by atoms with van der Waals surface area (Å²) >= 11 is 0. The molecule has 1 saturated heterocycles. The first-order valence-electron chi connectivity index (χ1n) is 5.15. The molecule has 1 rings (SSSR count).